The van der Waals surface area contributed by atoms with Crippen LogP contribution in [0.5, 0.6) is 0 Å². The highest BCUT2D eigenvalue weighted by molar-refractivity contribution is 6.30. The molecule has 0 saturated heterocycles. The molecule has 0 aliphatic rings. The van der Waals surface area contributed by atoms with Crippen LogP contribution in [0.3, 0.4) is 0 Å². The van der Waals surface area contributed by atoms with Gasteiger partial charge in [0.15, 0.2) is 0 Å². The van der Waals surface area contributed by atoms with Crippen molar-refractivity contribution in [3.8, 4) is 0 Å². The van der Waals surface area contributed by atoms with Crippen LogP contribution in [0.1, 0.15) is 23.0 Å². The van der Waals surface area contributed by atoms with E-state index in [0.29, 0.717) is 11.0 Å². The zero-order valence-electron chi connectivity index (χ0n) is 13.7. The Labute approximate surface area is 151 Å². The fraction of sp³-hybridized carbons (Fsp3) is 0.105. The summed E-state index contributed by atoms with van der Waals surface area (Å²) in [6, 6.07) is 16.5. The normalized spacial score (nSPS) is 10.3. The summed E-state index contributed by atoms with van der Waals surface area (Å²) in [6.45, 7) is 2.05. The number of aromatic nitrogens is 2. The fourth-order valence-electron chi connectivity index (χ4n) is 2.34. The van der Waals surface area contributed by atoms with Crippen molar-refractivity contribution in [2.24, 2.45) is 0 Å². The van der Waals surface area contributed by atoms with Crippen molar-refractivity contribution in [1.29, 1.82) is 0 Å². The smallest absolute Gasteiger partial charge is 0.274 e. The minimum absolute atomic E-state index is 0.276. The molecule has 1 amide bonds. The molecule has 0 fully saturated rings. The number of halogens is 1. The first kappa shape index (κ1) is 16.9. The molecule has 0 bridgehead atoms. The van der Waals surface area contributed by atoms with E-state index in [1.165, 1.54) is 0 Å². The number of carbonyl (C=O) groups excluding carboxylic acids is 1. The van der Waals surface area contributed by atoms with Crippen molar-refractivity contribution in [2.75, 3.05) is 10.6 Å². The number of nitrogens with zero attached hydrogens (tertiary/aromatic N) is 2. The topological polar surface area (TPSA) is 66.9 Å². The predicted molar refractivity (Wildman–Crippen MR) is 101 cm³/mol. The van der Waals surface area contributed by atoms with Gasteiger partial charge >= 0.3 is 0 Å². The van der Waals surface area contributed by atoms with Crippen LogP contribution in [-0.4, -0.2) is 15.9 Å². The Morgan fingerprint density at radius 1 is 1.08 bits per heavy atom. The number of hydrogen-bond acceptors (Lipinski definition) is 4. The van der Waals surface area contributed by atoms with E-state index in [0.717, 1.165) is 23.4 Å². The van der Waals surface area contributed by atoms with Gasteiger partial charge in [0.2, 0.25) is 5.95 Å². The molecule has 5 nitrogen and oxygen atoms in total. The Bertz CT molecular complexity index is 881. The van der Waals surface area contributed by atoms with Crippen LogP contribution >= 0.6 is 11.6 Å². The van der Waals surface area contributed by atoms with E-state index >= 15 is 0 Å². The van der Waals surface area contributed by atoms with E-state index in [2.05, 4.69) is 20.6 Å². The molecule has 2 N–H and O–H groups in total. The summed E-state index contributed by atoms with van der Waals surface area (Å²) in [6.07, 6.45) is 2.38. The van der Waals surface area contributed by atoms with Crippen molar-refractivity contribution < 1.29 is 4.79 Å². The van der Waals surface area contributed by atoms with E-state index in [4.69, 9.17) is 11.6 Å². The fourth-order valence-corrected chi connectivity index (χ4v) is 2.47. The summed E-state index contributed by atoms with van der Waals surface area (Å²) in [4.78, 5) is 20.9. The number of benzene rings is 2. The van der Waals surface area contributed by atoms with Gasteiger partial charge in [-0.05, 0) is 48.4 Å². The highest BCUT2D eigenvalue weighted by Crippen LogP contribution is 2.18. The molecular weight excluding hydrogens is 336 g/mol. The predicted octanol–water partition coefficient (Wildman–Crippen LogP) is 4.69. The molecule has 3 aromatic rings. The second kappa shape index (κ2) is 7.77. The number of rotatable bonds is 5. The molecule has 0 aliphatic heterocycles. The number of aryl methyl sites for hydroxylation is 1. The summed E-state index contributed by atoms with van der Waals surface area (Å²) in [5.41, 5.74) is 2.95. The van der Waals surface area contributed by atoms with Gasteiger partial charge in [-0.2, -0.15) is 0 Å². The molecule has 6 heteroatoms. The maximum absolute atomic E-state index is 12.5. The first-order valence-electron chi connectivity index (χ1n) is 7.90. The minimum Gasteiger partial charge on any atom is -0.324 e. The van der Waals surface area contributed by atoms with Crippen LogP contribution in [0.25, 0.3) is 0 Å². The van der Waals surface area contributed by atoms with Gasteiger partial charge in [0.05, 0.1) is 0 Å². The molecule has 0 saturated carbocycles. The van der Waals surface area contributed by atoms with Crippen molar-refractivity contribution in [2.45, 2.75) is 13.3 Å². The molecule has 2 aromatic carbocycles. The second-order valence-corrected chi connectivity index (χ2v) is 5.80. The summed E-state index contributed by atoms with van der Waals surface area (Å²) < 4.78 is 0. The lowest BCUT2D eigenvalue weighted by Crippen LogP contribution is -2.15. The van der Waals surface area contributed by atoms with Gasteiger partial charge in [0.25, 0.3) is 5.91 Å². The lowest BCUT2D eigenvalue weighted by atomic mass is 10.1. The van der Waals surface area contributed by atoms with Crippen LogP contribution in [0.15, 0.2) is 60.8 Å². The lowest BCUT2D eigenvalue weighted by molar-refractivity contribution is 0.102. The first-order chi connectivity index (χ1) is 12.2. The van der Waals surface area contributed by atoms with Crippen molar-refractivity contribution in [3.05, 3.63) is 77.1 Å². The molecule has 126 valence electrons. The number of nitrogens with one attached hydrogen (secondary N) is 2. The van der Waals surface area contributed by atoms with Gasteiger partial charge in [-0.15, -0.1) is 0 Å². The molecule has 0 unspecified atom stereocenters. The third-order valence-corrected chi connectivity index (χ3v) is 3.89. The van der Waals surface area contributed by atoms with Crippen molar-refractivity contribution in [1.82, 2.24) is 9.97 Å². The number of hydrogen-bond donors (Lipinski definition) is 2. The van der Waals surface area contributed by atoms with Crippen LogP contribution in [0, 0.1) is 0 Å². The monoisotopic (exact) mass is 352 g/mol. The van der Waals surface area contributed by atoms with E-state index in [1.807, 2.05) is 43.3 Å². The van der Waals surface area contributed by atoms with Gasteiger partial charge in [-0.3, -0.25) is 4.79 Å². The molecule has 25 heavy (non-hydrogen) atoms. The van der Waals surface area contributed by atoms with Gasteiger partial charge in [0.1, 0.15) is 5.69 Å². The highest BCUT2D eigenvalue weighted by Gasteiger charge is 2.11. The molecule has 1 aromatic heterocycles. The third-order valence-electron chi connectivity index (χ3n) is 3.64. The zero-order chi connectivity index (χ0) is 17.6. The molecule has 1 heterocycles. The number of para-hydroxylation sites is 1. The maximum Gasteiger partial charge on any atom is 0.274 e. The average Bonchev–Trinajstić information content (AvgIpc) is 2.64. The minimum atomic E-state index is -0.276. The Balaban J connectivity index is 1.76. The molecule has 0 aliphatic carbocycles. The SMILES string of the molecule is CCc1ccccc1NC(=O)c1ccnc(Nc2ccc(Cl)cc2)n1. The summed E-state index contributed by atoms with van der Waals surface area (Å²) in [5.74, 6) is 0.0706. The molecule has 0 radical (unpaired) electrons. The van der Waals surface area contributed by atoms with E-state index in [1.54, 1.807) is 24.4 Å². The van der Waals surface area contributed by atoms with Crippen LogP contribution in [0.2, 0.25) is 5.02 Å². The van der Waals surface area contributed by atoms with Crippen molar-refractivity contribution >= 4 is 34.8 Å². The van der Waals surface area contributed by atoms with Crippen LogP contribution in [-0.2, 0) is 6.42 Å². The van der Waals surface area contributed by atoms with Gasteiger partial charge in [-0.1, -0.05) is 36.7 Å². The van der Waals surface area contributed by atoms with E-state index in [9.17, 15) is 4.79 Å². The Morgan fingerprint density at radius 2 is 1.84 bits per heavy atom. The van der Waals surface area contributed by atoms with E-state index < -0.39 is 0 Å². The molecular formula is C19H17ClN4O. The zero-order valence-corrected chi connectivity index (χ0v) is 14.4. The largest absolute Gasteiger partial charge is 0.324 e. The second-order valence-electron chi connectivity index (χ2n) is 5.36. The number of amides is 1. The van der Waals surface area contributed by atoms with Crippen molar-refractivity contribution in [3.63, 3.8) is 0 Å². The van der Waals surface area contributed by atoms with Gasteiger partial charge < -0.3 is 10.6 Å². The number of carbonyl (C=O) groups is 1. The summed E-state index contributed by atoms with van der Waals surface area (Å²) in [7, 11) is 0. The van der Waals surface area contributed by atoms with E-state index in [-0.39, 0.29) is 11.6 Å². The number of anilines is 3. The Hall–Kier alpha value is -2.92. The Kier molecular flexibility index (Phi) is 5.26. The standard InChI is InChI=1S/C19H17ClN4O/c1-2-13-5-3-4-6-16(13)23-18(25)17-11-12-21-19(24-17)22-15-9-7-14(20)8-10-15/h3-12H,2H2,1H3,(H,23,25)(H,21,22,24). The first-order valence-corrected chi connectivity index (χ1v) is 8.28. The Morgan fingerprint density at radius 3 is 2.60 bits per heavy atom. The van der Waals surface area contributed by atoms with Crippen LogP contribution < -0.4 is 10.6 Å². The highest BCUT2D eigenvalue weighted by atomic mass is 35.5. The summed E-state index contributed by atoms with van der Waals surface area (Å²) >= 11 is 5.87. The molecule has 3 rings (SSSR count). The molecule has 0 atom stereocenters. The summed E-state index contributed by atoms with van der Waals surface area (Å²) in [5, 5.41) is 6.60. The van der Waals surface area contributed by atoms with Gasteiger partial charge in [-0.25, -0.2) is 9.97 Å². The van der Waals surface area contributed by atoms with Gasteiger partial charge in [0, 0.05) is 22.6 Å². The lowest BCUT2D eigenvalue weighted by Gasteiger charge is -2.10. The third kappa shape index (κ3) is 4.33. The average molecular weight is 353 g/mol. The maximum atomic E-state index is 12.5. The quantitative estimate of drug-likeness (QED) is 0.699. The van der Waals surface area contributed by atoms with Crippen LogP contribution in [0.4, 0.5) is 17.3 Å². The molecule has 0 spiro atoms.